The lowest BCUT2D eigenvalue weighted by Crippen LogP contribution is -2.43. The minimum absolute atomic E-state index is 0.215. The fourth-order valence-corrected chi connectivity index (χ4v) is 1.02. The third-order valence-electron chi connectivity index (χ3n) is 1.41. The predicted octanol–water partition coefficient (Wildman–Crippen LogP) is 0.661. The van der Waals surface area contributed by atoms with Crippen LogP contribution in [0.2, 0.25) is 0 Å². The van der Waals surface area contributed by atoms with Gasteiger partial charge in [0.1, 0.15) is 5.78 Å². The van der Waals surface area contributed by atoms with Crippen LogP contribution < -0.4 is 0 Å². The van der Waals surface area contributed by atoms with Gasteiger partial charge in [-0.3, -0.25) is 4.79 Å². The Kier molecular flexibility index (Phi) is 1.54. The van der Waals surface area contributed by atoms with Crippen molar-refractivity contribution in [3.05, 3.63) is 0 Å². The first-order valence-electron chi connectivity index (χ1n) is 2.61. The summed E-state index contributed by atoms with van der Waals surface area (Å²) in [6, 6.07) is 0. The monoisotopic (exact) mass is 133 g/mol. The largest absolute Gasteiger partial charge is 0.300 e. The molecule has 1 fully saturated rings. The molecule has 2 nitrogen and oxygen atoms in total. The Labute approximate surface area is 53.5 Å². The van der Waals surface area contributed by atoms with Crippen molar-refractivity contribution in [2.24, 2.45) is 5.92 Å². The SMILES string of the molecule is CC(=O)C1CN(Cl)C1. The van der Waals surface area contributed by atoms with E-state index in [0.717, 1.165) is 13.1 Å². The maximum Gasteiger partial charge on any atom is 0.135 e. The first-order chi connectivity index (χ1) is 3.70. The van der Waals surface area contributed by atoms with E-state index in [-0.39, 0.29) is 11.7 Å². The Morgan fingerprint density at radius 2 is 2.25 bits per heavy atom. The van der Waals surface area contributed by atoms with Gasteiger partial charge in [0.05, 0.1) is 0 Å². The lowest BCUT2D eigenvalue weighted by Gasteiger charge is -2.31. The summed E-state index contributed by atoms with van der Waals surface area (Å²) in [6.45, 7) is 3.07. The van der Waals surface area contributed by atoms with Crippen LogP contribution in [0.25, 0.3) is 0 Å². The zero-order chi connectivity index (χ0) is 6.15. The molecule has 0 spiro atoms. The highest BCUT2D eigenvalue weighted by molar-refractivity contribution is 6.14. The van der Waals surface area contributed by atoms with Crippen molar-refractivity contribution in [2.75, 3.05) is 13.1 Å². The summed E-state index contributed by atoms with van der Waals surface area (Å²) in [5.41, 5.74) is 0. The first-order valence-corrected chi connectivity index (χ1v) is 2.95. The third-order valence-corrected chi connectivity index (χ3v) is 1.69. The van der Waals surface area contributed by atoms with Crippen LogP contribution in [0.3, 0.4) is 0 Å². The van der Waals surface area contributed by atoms with Gasteiger partial charge in [-0.25, -0.2) is 4.42 Å². The molecule has 0 amide bonds. The van der Waals surface area contributed by atoms with Crippen molar-refractivity contribution in [1.82, 2.24) is 4.42 Å². The summed E-state index contributed by atoms with van der Waals surface area (Å²) < 4.78 is 1.62. The van der Waals surface area contributed by atoms with Crippen LogP contribution >= 0.6 is 11.8 Å². The summed E-state index contributed by atoms with van der Waals surface area (Å²) in [7, 11) is 0. The van der Waals surface area contributed by atoms with E-state index in [1.165, 1.54) is 0 Å². The topological polar surface area (TPSA) is 20.3 Å². The van der Waals surface area contributed by atoms with E-state index < -0.39 is 0 Å². The van der Waals surface area contributed by atoms with Crippen LogP contribution in [0.4, 0.5) is 0 Å². The van der Waals surface area contributed by atoms with Gasteiger partial charge in [-0.05, 0) is 18.7 Å². The lowest BCUT2D eigenvalue weighted by atomic mass is 10.00. The zero-order valence-corrected chi connectivity index (χ0v) is 5.48. The number of rotatable bonds is 1. The standard InChI is InChI=1S/C5H8ClNO/c1-4(8)5-2-7(6)3-5/h5H,2-3H2,1H3. The van der Waals surface area contributed by atoms with E-state index in [1.807, 2.05) is 0 Å². The van der Waals surface area contributed by atoms with Gasteiger partial charge in [-0.2, -0.15) is 0 Å². The molecule has 0 radical (unpaired) electrons. The molecule has 1 aliphatic heterocycles. The number of carbonyl (C=O) groups excluding carboxylic acids is 1. The van der Waals surface area contributed by atoms with Crippen molar-refractivity contribution >= 4 is 17.6 Å². The van der Waals surface area contributed by atoms with Gasteiger partial charge in [0.2, 0.25) is 0 Å². The van der Waals surface area contributed by atoms with Gasteiger partial charge in [0, 0.05) is 19.0 Å². The second-order valence-corrected chi connectivity index (χ2v) is 2.61. The van der Waals surface area contributed by atoms with E-state index in [0.29, 0.717) is 0 Å². The summed E-state index contributed by atoms with van der Waals surface area (Å²) >= 11 is 5.47. The zero-order valence-electron chi connectivity index (χ0n) is 4.72. The molecule has 0 aromatic carbocycles. The molecular weight excluding hydrogens is 126 g/mol. The summed E-state index contributed by atoms with van der Waals surface area (Å²) in [6.07, 6.45) is 0. The number of halogens is 1. The number of ketones is 1. The molecular formula is C5H8ClNO. The van der Waals surface area contributed by atoms with Crippen molar-refractivity contribution in [1.29, 1.82) is 0 Å². The maximum absolute atomic E-state index is 10.5. The van der Waals surface area contributed by atoms with Crippen molar-refractivity contribution in [3.8, 4) is 0 Å². The molecule has 46 valence electrons. The molecule has 1 rings (SSSR count). The first kappa shape index (κ1) is 6.05. The van der Waals surface area contributed by atoms with E-state index in [4.69, 9.17) is 11.8 Å². The van der Waals surface area contributed by atoms with E-state index in [1.54, 1.807) is 11.3 Å². The summed E-state index contributed by atoms with van der Waals surface area (Å²) in [5.74, 6) is 0.467. The number of hydrogen-bond donors (Lipinski definition) is 0. The van der Waals surface area contributed by atoms with Crippen molar-refractivity contribution in [3.63, 3.8) is 0 Å². The second kappa shape index (κ2) is 2.03. The van der Waals surface area contributed by atoms with Gasteiger partial charge < -0.3 is 0 Å². The number of Topliss-reactive ketones (excluding diaryl/α,β-unsaturated/α-hetero) is 1. The van der Waals surface area contributed by atoms with Crippen LogP contribution in [-0.4, -0.2) is 23.3 Å². The maximum atomic E-state index is 10.5. The Hall–Kier alpha value is -0.0800. The number of carbonyl (C=O) groups is 1. The Bertz CT molecular complexity index is 109. The summed E-state index contributed by atoms with van der Waals surface area (Å²) in [5, 5.41) is 0. The van der Waals surface area contributed by atoms with Gasteiger partial charge >= 0.3 is 0 Å². The highest BCUT2D eigenvalue weighted by Crippen LogP contribution is 2.17. The minimum Gasteiger partial charge on any atom is -0.300 e. The highest BCUT2D eigenvalue weighted by Gasteiger charge is 2.28. The predicted molar refractivity (Wildman–Crippen MR) is 31.6 cm³/mol. The average Bonchev–Trinajstić information content (AvgIpc) is 1.57. The third kappa shape index (κ3) is 1.01. The molecule has 0 aromatic rings. The molecule has 0 N–H and O–H groups in total. The van der Waals surface area contributed by atoms with Gasteiger partial charge in [-0.15, -0.1) is 0 Å². The van der Waals surface area contributed by atoms with Crippen LogP contribution in [0, 0.1) is 5.92 Å². The smallest absolute Gasteiger partial charge is 0.135 e. The molecule has 0 atom stereocenters. The molecule has 1 heterocycles. The van der Waals surface area contributed by atoms with Crippen LogP contribution in [0.5, 0.6) is 0 Å². The van der Waals surface area contributed by atoms with E-state index in [9.17, 15) is 4.79 Å². The van der Waals surface area contributed by atoms with E-state index in [2.05, 4.69) is 0 Å². The fourth-order valence-electron chi connectivity index (χ4n) is 0.682. The Morgan fingerprint density at radius 1 is 1.75 bits per heavy atom. The molecule has 0 bridgehead atoms. The molecule has 1 saturated heterocycles. The molecule has 8 heavy (non-hydrogen) atoms. The van der Waals surface area contributed by atoms with Crippen LogP contribution in [0.1, 0.15) is 6.92 Å². The minimum atomic E-state index is 0.215. The number of nitrogens with zero attached hydrogens (tertiary/aromatic N) is 1. The Morgan fingerprint density at radius 3 is 2.38 bits per heavy atom. The average molecular weight is 134 g/mol. The Balaban J connectivity index is 2.25. The van der Waals surface area contributed by atoms with E-state index >= 15 is 0 Å². The molecule has 0 unspecified atom stereocenters. The second-order valence-electron chi connectivity index (χ2n) is 2.14. The van der Waals surface area contributed by atoms with Crippen molar-refractivity contribution in [2.45, 2.75) is 6.92 Å². The molecule has 0 saturated carbocycles. The van der Waals surface area contributed by atoms with Crippen LogP contribution in [-0.2, 0) is 4.79 Å². The normalized spacial score (nSPS) is 22.8. The quantitative estimate of drug-likeness (QED) is 0.490. The summed E-state index contributed by atoms with van der Waals surface area (Å²) in [4.78, 5) is 10.5. The van der Waals surface area contributed by atoms with Gasteiger partial charge in [0.15, 0.2) is 0 Å². The van der Waals surface area contributed by atoms with Gasteiger partial charge in [-0.1, -0.05) is 0 Å². The molecule has 0 aliphatic carbocycles. The molecule has 1 aliphatic rings. The molecule has 3 heteroatoms. The highest BCUT2D eigenvalue weighted by atomic mass is 35.5. The van der Waals surface area contributed by atoms with Gasteiger partial charge in [0.25, 0.3) is 0 Å². The van der Waals surface area contributed by atoms with Crippen LogP contribution in [0.15, 0.2) is 0 Å². The fraction of sp³-hybridized carbons (Fsp3) is 0.800. The number of hydrogen-bond acceptors (Lipinski definition) is 2. The molecule has 0 aromatic heterocycles. The lowest BCUT2D eigenvalue weighted by molar-refractivity contribution is -0.123. The van der Waals surface area contributed by atoms with Crippen molar-refractivity contribution < 1.29 is 4.79 Å².